The number of hydrogen-bond acceptors (Lipinski definition) is 8. The second-order valence-corrected chi connectivity index (χ2v) is 14.6. The highest BCUT2D eigenvalue weighted by Crippen LogP contribution is 2.42. The van der Waals surface area contributed by atoms with Crippen molar-refractivity contribution in [2.45, 2.75) is 67.8 Å². The Morgan fingerprint density at radius 1 is 1.07 bits per heavy atom. The van der Waals surface area contributed by atoms with Crippen LogP contribution in [0.3, 0.4) is 0 Å². The summed E-state index contributed by atoms with van der Waals surface area (Å²) in [6, 6.07) is 11.8. The number of nitrogens with one attached hydrogen (secondary N) is 1. The number of esters is 1. The van der Waals surface area contributed by atoms with E-state index in [1.54, 1.807) is 12.1 Å². The van der Waals surface area contributed by atoms with Crippen LogP contribution in [0.1, 0.15) is 56.9 Å². The van der Waals surface area contributed by atoms with Crippen molar-refractivity contribution in [3.63, 3.8) is 0 Å². The van der Waals surface area contributed by atoms with Gasteiger partial charge in [0, 0.05) is 29.8 Å². The molecule has 1 N–H and O–H groups in total. The minimum atomic E-state index is -4.52. The van der Waals surface area contributed by atoms with Crippen molar-refractivity contribution in [2.24, 2.45) is 5.92 Å². The standard InChI is InChI=1S/C26H32FN3O4.C6H4Cl2O3S/c27-21-7-5-6-20(16-21)26(11-3-1-2-4-12-26)25(32)34-22-17-30(13-8-19(22)9-14-30)18-24(31)28-23-10-15-33-29-23;7-4-1-2-5(8)6(3-4)12(9,10)11/h5-7,10,15-16,19,22H,1-4,8-9,11-14,17-18H2;1-3H,(H,9,10,11)/t19?,22-,30?;/m0./s1. The van der Waals surface area contributed by atoms with Crippen molar-refractivity contribution in [1.82, 2.24) is 5.16 Å². The molecule has 1 aliphatic carbocycles. The lowest BCUT2D eigenvalue weighted by Crippen LogP contribution is -2.66. The van der Waals surface area contributed by atoms with Crippen molar-refractivity contribution in [3.05, 3.63) is 76.2 Å². The van der Waals surface area contributed by atoms with Gasteiger partial charge in [-0.25, -0.2) is 12.8 Å². The molecule has 10 nitrogen and oxygen atoms in total. The summed E-state index contributed by atoms with van der Waals surface area (Å²) in [6.07, 6.45) is 8.47. The van der Waals surface area contributed by atoms with Crippen molar-refractivity contribution < 1.29 is 40.7 Å². The second kappa shape index (κ2) is 14.4. The van der Waals surface area contributed by atoms with Crippen LogP contribution < -0.4 is 5.32 Å². The van der Waals surface area contributed by atoms with Gasteiger partial charge in [-0.05, 0) is 48.7 Å². The number of amides is 1. The number of quaternary nitrogens is 1. The van der Waals surface area contributed by atoms with E-state index in [4.69, 9.17) is 32.5 Å². The number of nitrogens with zero attached hydrogens (tertiary/aromatic N) is 2. The van der Waals surface area contributed by atoms with E-state index in [9.17, 15) is 27.0 Å². The third kappa shape index (κ3) is 8.09. The zero-order valence-corrected chi connectivity index (χ0v) is 27.5. The van der Waals surface area contributed by atoms with E-state index in [-0.39, 0.29) is 33.8 Å². The summed E-state index contributed by atoms with van der Waals surface area (Å²) in [5.41, 5.74) is -0.0590. The largest absolute Gasteiger partial charge is 0.744 e. The van der Waals surface area contributed by atoms with E-state index >= 15 is 0 Å². The number of benzene rings is 2. The molecule has 0 spiro atoms. The molecule has 1 saturated carbocycles. The normalized spacial score (nSPS) is 23.8. The lowest BCUT2D eigenvalue weighted by Gasteiger charge is -2.52. The highest BCUT2D eigenvalue weighted by Gasteiger charge is 2.51. The zero-order chi connectivity index (χ0) is 33.0. The predicted molar refractivity (Wildman–Crippen MR) is 168 cm³/mol. The predicted octanol–water partition coefficient (Wildman–Crippen LogP) is 6.09. The first-order valence-corrected chi connectivity index (χ1v) is 17.5. The molecule has 4 heterocycles. The van der Waals surface area contributed by atoms with Gasteiger partial charge in [0.15, 0.2) is 18.5 Å². The number of fused-ring (bicyclic) bond motifs is 3. The molecule has 1 amide bonds. The Labute approximate surface area is 277 Å². The van der Waals surface area contributed by atoms with E-state index in [2.05, 4.69) is 10.5 Å². The van der Waals surface area contributed by atoms with Gasteiger partial charge in [-0.1, -0.05) is 66.2 Å². The molecule has 1 atom stereocenters. The number of rotatable bonds is 7. The molecule has 3 aliphatic heterocycles. The van der Waals surface area contributed by atoms with Gasteiger partial charge >= 0.3 is 5.97 Å². The lowest BCUT2D eigenvalue weighted by atomic mass is 9.74. The van der Waals surface area contributed by atoms with Gasteiger partial charge < -0.3 is 23.6 Å². The van der Waals surface area contributed by atoms with Gasteiger partial charge in [0.1, 0.15) is 28.7 Å². The molecule has 248 valence electrons. The van der Waals surface area contributed by atoms with Crippen LogP contribution in [0.5, 0.6) is 0 Å². The van der Waals surface area contributed by atoms with Crippen molar-refractivity contribution in [2.75, 3.05) is 31.5 Å². The number of ether oxygens (including phenoxy) is 1. The molecule has 2 aromatic carbocycles. The molecule has 0 radical (unpaired) electrons. The summed E-state index contributed by atoms with van der Waals surface area (Å²) in [6.45, 7) is 2.77. The maximum Gasteiger partial charge on any atom is 0.317 e. The van der Waals surface area contributed by atoms with Crippen molar-refractivity contribution >= 4 is 51.0 Å². The first kappa shape index (κ1) is 34.3. The minimum Gasteiger partial charge on any atom is -0.744 e. The molecular weight excluding hydrogens is 660 g/mol. The van der Waals surface area contributed by atoms with E-state index in [0.717, 1.165) is 63.2 Å². The molecule has 4 fully saturated rings. The summed E-state index contributed by atoms with van der Waals surface area (Å²) in [4.78, 5) is 26.0. The number of anilines is 1. The maximum atomic E-state index is 14.1. The third-order valence-corrected chi connectivity index (χ3v) is 10.9. The fourth-order valence-electron chi connectivity index (χ4n) is 6.99. The Hall–Kier alpha value is -3.03. The van der Waals surface area contributed by atoms with Gasteiger partial charge in [-0.2, -0.15) is 0 Å². The van der Waals surface area contributed by atoms with Gasteiger partial charge in [-0.15, -0.1) is 0 Å². The highest BCUT2D eigenvalue weighted by atomic mass is 35.5. The Balaban J connectivity index is 0.000000293. The SMILES string of the molecule is O=C(C[N+]12CCC(CC1)[C@@H](OC(=O)C1(c3cccc(F)c3)CCCCCC1)C2)Nc1ccon1.O=S(=O)([O-])c1cc(Cl)ccc1Cl. The topological polar surface area (TPSA) is 139 Å². The molecular formula is C32H36Cl2FN3O7S. The number of piperidine rings is 3. The first-order chi connectivity index (χ1) is 21.9. The van der Waals surface area contributed by atoms with Crippen LogP contribution in [0, 0.1) is 11.7 Å². The number of hydrogen-bond donors (Lipinski definition) is 1. The fourth-order valence-corrected chi connectivity index (χ4v) is 8.20. The van der Waals surface area contributed by atoms with Crippen LogP contribution in [0.15, 0.2) is 64.2 Å². The average molecular weight is 697 g/mol. The fraction of sp³-hybridized carbons (Fsp3) is 0.469. The Morgan fingerprint density at radius 3 is 2.39 bits per heavy atom. The second-order valence-electron chi connectivity index (χ2n) is 12.4. The molecule has 4 aliphatic rings. The van der Waals surface area contributed by atoms with E-state index in [1.807, 2.05) is 6.07 Å². The average Bonchev–Trinajstić information content (AvgIpc) is 3.38. The van der Waals surface area contributed by atoms with Crippen LogP contribution in [0.2, 0.25) is 10.0 Å². The lowest BCUT2D eigenvalue weighted by molar-refractivity contribution is -0.939. The van der Waals surface area contributed by atoms with E-state index in [0.29, 0.717) is 42.1 Å². The van der Waals surface area contributed by atoms with Crippen molar-refractivity contribution in [3.8, 4) is 0 Å². The van der Waals surface area contributed by atoms with Crippen LogP contribution in [-0.2, 0) is 29.9 Å². The molecule has 14 heteroatoms. The van der Waals surface area contributed by atoms with E-state index in [1.165, 1.54) is 30.5 Å². The summed E-state index contributed by atoms with van der Waals surface area (Å²) in [7, 11) is -4.52. The molecule has 0 unspecified atom stereocenters. The minimum absolute atomic E-state index is 0.112. The molecule has 2 bridgehead atoms. The first-order valence-electron chi connectivity index (χ1n) is 15.3. The number of halogens is 3. The Bertz CT molecular complexity index is 1640. The van der Waals surface area contributed by atoms with Crippen LogP contribution in [0.4, 0.5) is 10.2 Å². The van der Waals surface area contributed by atoms with Gasteiger partial charge in [0.2, 0.25) is 0 Å². The van der Waals surface area contributed by atoms with Crippen LogP contribution in [0.25, 0.3) is 0 Å². The summed E-state index contributed by atoms with van der Waals surface area (Å²) in [5.74, 6) is 0.0732. The molecule has 7 rings (SSSR count). The quantitative estimate of drug-likeness (QED) is 0.136. The smallest absolute Gasteiger partial charge is 0.317 e. The number of carbonyl (C=O) groups is 2. The summed E-state index contributed by atoms with van der Waals surface area (Å²) in [5, 5.41) is 6.59. The Kier molecular flexibility index (Phi) is 10.7. The molecule has 46 heavy (non-hydrogen) atoms. The van der Waals surface area contributed by atoms with Crippen LogP contribution in [-0.4, -0.2) is 66.8 Å². The maximum absolute atomic E-state index is 14.1. The van der Waals surface area contributed by atoms with E-state index < -0.39 is 20.4 Å². The molecule has 3 aromatic rings. The number of carbonyl (C=O) groups excluding carboxylic acids is 2. The third-order valence-electron chi connectivity index (χ3n) is 9.37. The van der Waals surface area contributed by atoms with Gasteiger partial charge in [0.25, 0.3) is 5.91 Å². The van der Waals surface area contributed by atoms with Gasteiger partial charge in [-0.3, -0.25) is 9.59 Å². The highest BCUT2D eigenvalue weighted by molar-refractivity contribution is 7.85. The molecule has 1 aromatic heterocycles. The Morgan fingerprint density at radius 2 is 1.78 bits per heavy atom. The summed E-state index contributed by atoms with van der Waals surface area (Å²) >= 11 is 10.9. The zero-order valence-electron chi connectivity index (χ0n) is 25.1. The number of aromatic nitrogens is 1. The molecule has 3 saturated heterocycles. The van der Waals surface area contributed by atoms with Crippen LogP contribution >= 0.6 is 23.2 Å². The van der Waals surface area contributed by atoms with Gasteiger partial charge in [0.05, 0.1) is 28.4 Å². The van der Waals surface area contributed by atoms with Crippen molar-refractivity contribution in [1.29, 1.82) is 0 Å². The monoisotopic (exact) mass is 695 g/mol. The summed E-state index contributed by atoms with van der Waals surface area (Å²) < 4.78 is 57.4.